The summed E-state index contributed by atoms with van der Waals surface area (Å²) in [6, 6.07) is 24.8. The van der Waals surface area contributed by atoms with Crippen molar-refractivity contribution in [2.45, 2.75) is 0 Å². The van der Waals surface area contributed by atoms with Gasteiger partial charge in [0, 0.05) is 42.8 Å². The standard InChI is InChI=1S/C27H24N2O4/c1-32-21-13-11-20(12-14-21)28-15-17-29(18-16-28)26(30)25-24(19-7-3-2-4-8-19)22-9-5-6-10-23(22)27(31)33-25/h2-14H,15-18H2,1H3. The second-order valence-corrected chi connectivity index (χ2v) is 7.98. The van der Waals surface area contributed by atoms with E-state index in [1.54, 1.807) is 24.1 Å². The number of benzene rings is 3. The Labute approximate surface area is 191 Å². The molecule has 1 amide bonds. The SMILES string of the molecule is COc1ccc(N2CCN(C(=O)c3oc(=O)c4ccccc4c3-c3ccccc3)CC2)cc1. The number of nitrogens with zero attached hydrogens (tertiary/aromatic N) is 2. The normalized spacial score (nSPS) is 13.8. The summed E-state index contributed by atoms with van der Waals surface area (Å²) in [6.07, 6.45) is 0. The average molecular weight is 440 g/mol. The van der Waals surface area contributed by atoms with Crippen LogP contribution in [0.4, 0.5) is 5.69 Å². The third-order valence-electron chi connectivity index (χ3n) is 6.10. The Morgan fingerprint density at radius 2 is 1.45 bits per heavy atom. The van der Waals surface area contributed by atoms with Crippen LogP contribution in [0.15, 0.2) is 88.1 Å². The first-order chi connectivity index (χ1) is 16.2. The maximum absolute atomic E-state index is 13.6. The number of hydrogen-bond acceptors (Lipinski definition) is 5. The van der Waals surface area contributed by atoms with Crippen molar-refractivity contribution in [1.29, 1.82) is 0 Å². The monoisotopic (exact) mass is 440 g/mol. The van der Waals surface area contributed by atoms with Gasteiger partial charge in [-0.3, -0.25) is 4.79 Å². The van der Waals surface area contributed by atoms with E-state index in [9.17, 15) is 9.59 Å². The van der Waals surface area contributed by atoms with Crippen molar-refractivity contribution >= 4 is 22.4 Å². The number of carbonyl (C=O) groups excluding carboxylic acids is 1. The van der Waals surface area contributed by atoms with E-state index < -0.39 is 5.63 Å². The molecule has 0 radical (unpaired) electrons. The molecule has 166 valence electrons. The Balaban J connectivity index is 1.46. The zero-order chi connectivity index (χ0) is 22.8. The van der Waals surface area contributed by atoms with Gasteiger partial charge in [-0.05, 0) is 35.9 Å². The van der Waals surface area contributed by atoms with E-state index in [2.05, 4.69) is 4.90 Å². The molecule has 1 fully saturated rings. The van der Waals surface area contributed by atoms with Crippen molar-refractivity contribution in [3.05, 3.63) is 95.0 Å². The molecule has 0 bridgehead atoms. The maximum atomic E-state index is 13.6. The molecule has 3 aromatic carbocycles. The lowest BCUT2D eigenvalue weighted by Gasteiger charge is -2.36. The van der Waals surface area contributed by atoms with E-state index in [0.717, 1.165) is 22.4 Å². The van der Waals surface area contributed by atoms with Crippen LogP contribution in [0.5, 0.6) is 5.75 Å². The fourth-order valence-corrected chi connectivity index (χ4v) is 4.35. The van der Waals surface area contributed by atoms with Crippen molar-refractivity contribution in [2.75, 3.05) is 38.2 Å². The molecule has 1 aromatic heterocycles. The number of carbonyl (C=O) groups is 1. The predicted molar refractivity (Wildman–Crippen MR) is 129 cm³/mol. The second-order valence-electron chi connectivity index (χ2n) is 7.98. The first-order valence-corrected chi connectivity index (χ1v) is 11.0. The highest BCUT2D eigenvalue weighted by molar-refractivity contribution is 6.07. The smallest absolute Gasteiger partial charge is 0.344 e. The van der Waals surface area contributed by atoms with Crippen molar-refractivity contribution in [3.8, 4) is 16.9 Å². The van der Waals surface area contributed by atoms with Gasteiger partial charge in [-0.15, -0.1) is 0 Å². The summed E-state index contributed by atoms with van der Waals surface area (Å²) < 4.78 is 10.9. The van der Waals surface area contributed by atoms with E-state index in [-0.39, 0.29) is 11.7 Å². The third-order valence-corrected chi connectivity index (χ3v) is 6.10. The summed E-state index contributed by atoms with van der Waals surface area (Å²) in [7, 11) is 1.65. The molecule has 2 heterocycles. The highest BCUT2D eigenvalue weighted by Crippen LogP contribution is 2.31. The van der Waals surface area contributed by atoms with Crippen molar-refractivity contribution in [1.82, 2.24) is 4.90 Å². The number of anilines is 1. The van der Waals surface area contributed by atoms with Crippen LogP contribution in [0.1, 0.15) is 10.6 Å². The minimum absolute atomic E-state index is 0.0998. The minimum Gasteiger partial charge on any atom is -0.497 e. The van der Waals surface area contributed by atoms with Crippen LogP contribution in [0.25, 0.3) is 21.9 Å². The van der Waals surface area contributed by atoms with E-state index in [0.29, 0.717) is 37.1 Å². The van der Waals surface area contributed by atoms with E-state index in [1.807, 2.05) is 66.7 Å². The van der Waals surface area contributed by atoms with Gasteiger partial charge in [0.1, 0.15) is 5.75 Å². The lowest BCUT2D eigenvalue weighted by Crippen LogP contribution is -2.49. The van der Waals surface area contributed by atoms with Gasteiger partial charge >= 0.3 is 5.63 Å². The number of fused-ring (bicyclic) bond motifs is 1. The Morgan fingerprint density at radius 3 is 2.12 bits per heavy atom. The van der Waals surface area contributed by atoms with E-state index in [1.165, 1.54) is 0 Å². The molecule has 1 aliphatic heterocycles. The van der Waals surface area contributed by atoms with Gasteiger partial charge in [-0.1, -0.05) is 48.5 Å². The fraction of sp³-hybridized carbons (Fsp3) is 0.185. The lowest BCUT2D eigenvalue weighted by atomic mass is 9.98. The van der Waals surface area contributed by atoms with Crippen LogP contribution in [0.3, 0.4) is 0 Å². The highest BCUT2D eigenvalue weighted by atomic mass is 16.5. The minimum atomic E-state index is -0.495. The summed E-state index contributed by atoms with van der Waals surface area (Å²) in [5.41, 5.74) is 2.10. The lowest BCUT2D eigenvalue weighted by molar-refractivity contribution is 0.0711. The molecule has 1 aliphatic rings. The van der Waals surface area contributed by atoms with Crippen LogP contribution in [0.2, 0.25) is 0 Å². The molecule has 33 heavy (non-hydrogen) atoms. The molecular formula is C27H24N2O4. The Bertz CT molecular complexity index is 1340. The van der Waals surface area contributed by atoms with Crippen molar-refractivity contribution in [3.63, 3.8) is 0 Å². The zero-order valence-electron chi connectivity index (χ0n) is 18.4. The molecule has 1 saturated heterocycles. The molecule has 0 spiro atoms. The van der Waals surface area contributed by atoms with Crippen molar-refractivity contribution in [2.24, 2.45) is 0 Å². The Hall–Kier alpha value is -4.06. The fourth-order valence-electron chi connectivity index (χ4n) is 4.35. The first kappa shape index (κ1) is 20.8. The Kier molecular flexibility index (Phi) is 5.57. The predicted octanol–water partition coefficient (Wildman–Crippen LogP) is 4.43. The average Bonchev–Trinajstić information content (AvgIpc) is 2.89. The number of hydrogen-bond donors (Lipinski definition) is 0. The van der Waals surface area contributed by atoms with Crippen LogP contribution < -0.4 is 15.3 Å². The van der Waals surface area contributed by atoms with Gasteiger partial charge < -0.3 is 19.0 Å². The molecule has 5 rings (SSSR count). The van der Waals surface area contributed by atoms with Crippen LogP contribution >= 0.6 is 0 Å². The third kappa shape index (κ3) is 3.96. The molecule has 0 atom stereocenters. The second kappa shape index (κ2) is 8.82. The number of rotatable bonds is 4. The van der Waals surface area contributed by atoms with Gasteiger partial charge in [-0.2, -0.15) is 0 Å². The summed E-state index contributed by atoms with van der Waals surface area (Å²) in [4.78, 5) is 30.3. The molecular weight excluding hydrogens is 416 g/mol. The quantitative estimate of drug-likeness (QED) is 0.470. The summed E-state index contributed by atoms with van der Waals surface area (Å²) in [6.45, 7) is 2.46. The van der Waals surface area contributed by atoms with Gasteiger partial charge in [0.05, 0.1) is 12.5 Å². The summed E-state index contributed by atoms with van der Waals surface area (Å²) in [5.74, 6) is 0.654. The molecule has 4 aromatic rings. The van der Waals surface area contributed by atoms with Gasteiger partial charge in [0.25, 0.3) is 5.91 Å². The molecule has 0 aliphatic carbocycles. The summed E-state index contributed by atoms with van der Waals surface area (Å²) >= 11 is 0. The molecule has 0 saturated carbocycles. The van der Waals surface area contributed by atoms with Gasteiger partial charge in [0.15, 0.2) is 0 Å². The van der Waals surface area contributed by atoms with Gasteiger partial charge in [-0.25, -0.2) is 4.79 Å². The molecule has 0 N–H and O–H groups in total. The number of amides is 1. The number of methoxy groups -OCH3 is 1. The van der Waals surface area contributed by atoms with Crippen molar-refractivity contribution < 1.29 is 13.9 Å². The van der Waals surface area contributed by atoms with Gasteiger partial charge in [0.2, 0.25) is 5.76 Å². The van der Waals surface area contributed by atoms with Crippen LogP contribution in [-0.4, -0.2) is 44.1 Å². The first-order valence-electron chi connectivity index (χ1n) is 11.0. The highest BCUT2D eigenvalue weighted by Gasteiger charge is 2.28. The number of piperazine rings is 1. The molecule has 0 unspecified atom stereocenters. The van der Waals surface area contributed by atoms with Crippen LogP contribution in [-0.2, 0) is 0 Å². The summed E-state index contributed by atoms with van der Waals surface area (Å²) in [5, 5.41) is 1.19. The number of ether oxygens (including phenoxy) is 1. The van der Waals surface area contributed by atoms with Crippen LogP contribution in [0, 0.1) is 0 Å². The largest absolute Gasteiger partial charge is 0.497 e. The maximum Gasteiger partial charge on any atom is 0.344 e. The Morgan fingerprint density at radius 1 is 0.818 bits per heavy atom. The molecule has 6 nitrogen and oxygen atoms in total. The zero-order valence-corrected chi connectivity index (χ0v) is 18.4. The van der Waals surface area contributed by atoms with E-state index >= 15 is 0 Å². The molecule has 6 heteroatoms. The topological polar surface area (TPSA) is 63.0 Å². The van der Waals surface area contributed by atoms with E-state index in [4.69, 9.17) is 9.15 Å².